The lowest BCUT2D eigenvalue weighted by Crippen LogP contribution is -2.51. The highest BCUT2D eigenvalue weighted by atomic mass is 16.2. The fraction of sp³-hybridized carbons (Fsp3) is 0.389. The molecule has 24 heavy (non-hydrogen) atoms. The molecule has 0 radical (unpaired) electrons. The molecular weight excluding hydrogens is 306 g/mol. The van der Waals surface area contributed by atoms with Crippen molar-refractivity contribution in [2.24, 2.45) is 5.92 Å². The van der Waals surface area contributed by atoms with Gasteiger partial charge >= 0.3 is 0 Å². The zero-order valence-electron chi connectivity index (χ0n) is 14.1. The largest absolute Gasteiger partial charge is 0.383 e. The van der Waals surface area contributed by atoms with E-state index in [1.807, 2.05) is 38.1 Å². The zero-order chi connectivity index (χ0) is 17.4. The molecule has 1 heterocycles. The van der Waals surface area contributed by atoms with E-state index >= 15 is 0 Å². The van der Waals surface area contributed by atoms with Crippen molar-refractivity contribution < 1.29 is 4.79 Å². The van der Waals surface area contributed by atoms with Crippen LogP contribution in [0.5, 0.6) is 0 Å². The number of amides is 1. The van der Waals surface area contributed by atoms with Crippen molar-refractivity contribution in [1.29, 1.82) is 0 Å². The predicted octanol–water partition coefficient (Wildman–Crippen LogP) is 1.70. The van der Waals surface area contributed by atoms with Gasteiger partial charge in [0.05, 0.1) is 0 Å². The molecule has 0 saturated heterocycles. The summed E-state index contributed by atoms with van der Waals surface area (Å²) >= 11 is 0. The molecule has 0 aliphatic carbocycles. The van der Waals surface area contributed by atoms with Crippen molar-refractivity contribution in [2.45, 2.75) is 32.9 Å². The number of nitrogens with zero attached hydrogens (tertiary/aromatic N) is 1. The van der Waals surface area contributed by atoms with E-state index in [0.29, 0.717) is 17.9 Å². The summed E-state index contributed by atoms with van der Waals surface area (Å²) in [6, 6.07) is 7.03. The van der Waals surface area contributed by atoms with Crippen LogP contribution in [0.2, 0.25) is 0 Å². The van der Waals surface area contributed by atoms with Crippen molar-refractivity contribution in [3.63, 3.8) is 0 Å². The van der Waals surface area contributed by atoms with Gasteiger partial charge in [0, 0.05) is 19.3 Å². The Bertz CT molecular complexity index is 851. The van der Waals surface area contributed by atoms with Crippen molar-refractivity contribution in [2.75, 3.05) is 22.6 Å². The molecule has 3 rings (SSSR count). The zero-order valence-corrected chi connectivity index (χ0v) is 14.1. The van der Waals surface area contributed by atoms with Crippen LogP contribution < -0.4 is 26.4 Å². The highest BCUT2D eigenvalue weighted by Gasteiger charge is 2.38. The molecule has 1 aliphatic heterocycles. The van der Waals surface area contributed by atoms with Gasteiger partial charge in [-0.15, -0.1) is 0 Å². The van der Waals surface area contributed by atoms with E-state index < -0.39 is 16.9 Å². The van der Waals surface area contributed by atoms with Gasteiger partial charge in [0.1, 0.15) is 17.4 Å². The minimum absolute atomic E-state index is 0.0356. The molecular formula is C18H21N3O3. The van der Waals surface area contributed by atoms with Crippen LogP contribution in [0.4, 0.5) is 17.1 Å². The normalized spacial score (nSPS) is 18.7. The lowest BCUT2D eigenvalue weighted by molar-refractivity contribution is -0.118. The predicted molar refractivity (Wildman–Crippen MR) is 95.4 cm³/mol. The quantitative estimate of drug-likeness (QED) is 0.836. The van der Waals surface area contributed by atoms with E-state index in [4.69, 9.17) is 0 Å². The van der Waals surface area contributed by atoms with E-state index in [1.165, 1.54) is 0 Å². The van der Waals surface area contributed by atoms with E-state index in [-0.39, 0.29) is 11.8 Å². The molecule has 0 unspecified atom stereocenters. The summed E-state index contributed by atoms with van der Waals surface area (Å²) in [6.07, 6.45) is 0.787. The third kappa shape index (κ3) is 2.38. The molecule has 2 aromatic rings. The smallest absolute Gasteiger partial charge is 0.253 e. The average molecular weight is 327 g/mol. The monoisotopic (exact) mass is 327 g/mol. The van der Waals surface area contributed by atoms with Gasteiger partial charge < -0.3 is 15.5 Å². The van der Waals surface area contributed by atoms with Crippen molar-refractivity contribution >= 4 is 23.0 Å². The maximum absolute atomic E-state index is 12.8. The molecule has 6 heteroatoms. The van der Waals surface area contributed by atoms with Crippen molar-refractivity contribution in [3.8, 4) is 0 Å². The number of carbonyl (C=O) groups is 1. The molecule has 0 aromatic heterocycles. The number of hydrogen-bond acceptors (Lipinski definition) is 5. The fourth-order valence-corrected chi connectivity index (χ4v) is 3.30. The first-order valence-corrected chi connectivity index (χ1v) is 8.16. The van der Waals surface area contributed by atoms with Crippen LogP contribution in [0, 0.1) is 5.92 Å². The first-order chi connectivity index (χ1) is 11.5. The van der Waals surface area contributed by atoms with Crippen molar-refractivity contribution in [3.05, 3.63) is 50.3 Å². The molecule has 2 aromatic carbocycles. The number of carbonyl (C=O) groups excluding carboxylic acids is 1. The van der Waals surface area contributed by atoms with Gasteiger partial charge in [-0.05, 0) is 17.5 Å². The second-order valence-electron chi connectivity index (χ2n) is 6.24. The molecule has 1 amide bonds. The molecule has 0 fully saturated rings. The Hall–Kier alpha value is -2.63. The molecule has 2 N–H and O–H groups in total. The molecule has 2 atom stereocenters. The Morgan fingerprint density at radius 1 is 1.25 bits per heavy atom. The van der Waals surface area contributed by atoms with Gasteiger partial charge in [0.15, 0.2) is 0 Å². The third-order valence-corrected chi connectivity index (χ3v) is 4.83. The first kappa shape index (κ1) is 16.2. The standard InChI is InChI=1S/C18H21N3O3/c1-4-10(2)14-18(24)20-12-8-6-5-7-11(12)9-21(14)15-13(19-3)16(22)17(15)23/h5-8,10,14,19H,4,9H2,1-3H3,(H,20,24)/t10-,14-/m0/s1. The van der Waals surface area contributed by atoms with E-state index in [0.717, 1.165) is 17.7 Å². The number of para-hydroxylation sites is 1. The van der Waals surface area contributed by atoms with E-state index in [2.05, 4.69) is 10.6 Å². The summed E-state index contributed by atoms with van der Waals surface area (Å²) in [6.45, 7) is 4.40. The van der Waals surface area contributed by atoms with Gasteiger partial charge in [-0.1, -0.05) is 38.5 Å². The summed E-state index contributed by atoms with van der Waals surface area (Å²) in [5.74, 6) is -0.113. The second kappa shape index (κ2) is 6.11. The van der Waals surface area contributed by atoms with Crippen LogP contribution in [0.3, 0.4) is 0 Å². The van der Waals surface area contributed by atoms with Gasteiger partial charge in [-0.25, -0.2) is 0 Å². The van der Waals surface area contributed by atoms with Gasteiger partial charge in [0.2, 0.25) is 5.91 Å². The number of benzene rings is 1. The Balaban J connectivity index is 2.14. The van der Waals surface area contributed by atoms with Crippen LogP contribution in [-0.2, 0) is 11.3 Å². The highest BCUT2D eigenvalue weighted by Crippen LogP contribution is 2.32. The summed E-state index contributed by atoms with van der Waals surface area (Å²) in [5, 5.41) is 5.76. The second-order valence-corrected chi connectivity index (χ2v) is 6.24. The number of fused-ring (bicyclic) bond motifs is 1. The Labute approximate surface area is 140 Å². The number of nitrogens with one attached hydrogen (secondary N) is 2. The molecule has 0 saturated carbocycles. The maximum atomic E-state index is 12.8. The Kier molecular flexibility index (Phi) is 4.13. The molecule has 6 nitrogen and oxygen atoms in total. The third-order valence-electron chi connectivity index (χ3n) is 4.83. The van der Waals surface area contributed by atoms with Gasteiger partial charge in [0.25, 0.3) is 10.9 Å². The minimum Gasteiger partial charge on any atom is -0.383 e. The van der Waals surface area contributed by atoms with Crippen molar-refractivity contribution in [1.82, 2.24) is 0 Å². The Morgan fingerprint density at radius 2 is 1.96 bits per heavy atom. The fourth-order valence-electron chi connectivity index (χ4n) is 3.30. The van der Waals surface area contributed by atoms with Crippen LogP contribution in [0.1, 0.15) is 25.8 Å². The Morgan fingerprint density at radius 3 is 2.62 bits per heavy atom. The number of anilines is 3. The SMILES string of the molecule is CC[C@H](C)[C@H]1C(=O)Nc2ccccc2CN1c1c(NC)c(=O)c1=O. The average Bonchev–Trinajstić information content (AvgIpc) is 2.73. The molecule has 0 bridgehead atoms. The lowest BCUT2D eigenvalue weighted by Gasteiger charge is -2.35. The van der Waals surface area contributed by atoms with Gasteiger partial charge in [-0.2, -0.15) is 0 Å². The summed E-state index contributed by atoms with van der Waals surface area (Å²) in [5.41, 5.74) is 1.24. The van der Waals surface area contributed by atoms with Crippen LogP contribution in [0.25, 0.3) is 0 Å². The first-order valence-electron chi connectivity index (χ1n) is 8.16. The molecule has 126 valence electrons. The molecule has 1 aliphatic rings. The van der Waals surface area contributed by atoms with Gasteiger partial charge in [-0.3, -0.25) is 14.4 Å². The lowest BCUT2D eigenvalue weighted by atomic mass is 9.95. The number of rotatable bonds is 4. The van der Waals surface area contributed by atoms with E-state index in [9.17, 15) is 14.4 Å². The van der Waals surface area contributed by atoms with E-state index in [1.54, 1.807) is 11.9 Å². The highest BCUT2D eigenvalue weighted by molar-refractivity contribution is 5.99. The van der Waals surface area contributed by atoms with Crippen LogP contribution in [0.15, 0.2) is 33.9 Å². The summed E-state index contributed by atoms with van der Waals surface area (Å²) in [7, 11) is 1.61. The maximum Gasteiger partial charge on any atom is 0.253 e. The van der Waals surface area contributed by atoms with Crippen LogP contribution in [-0.4, -0.2) is 19.0 Å². The molecule has 0 spiro atoms. The number of hydrogen-bond donors (Lipinski definition) is 2. The van der Waals surface area contributed by atoms with Crippen LogP contribution >= 0.6 is 0 Å². The summed E-state index contributed by atoms with van der Waals surface area (Å²) in [4.78, 5) is 38.6. The summed E-state index contributed by atoms with van der Waals surface area (Å²) < 4.78 is 0. The topological polar surface area (TPSA) is 78.5 Å². The minimum atomic E-state index is -0.528.